The van der Waals surface area contributed by atoms with Gasteiger partial charge in [-0.3, -0.25) is 0 Å². The van der Waals surface area contributed by atoms with Crippen LogP contribution in [0.3, 0.4) is 0 Å². The number of fused-ring (bicyclic) bond motifs is 1. The van der Waals surface area contributed by atoms with E-state index in [1.54, 1.807) is 6.07 Å². The number of rotatable bonds is 4. The monoisotopic (exact) mass is 268 g/mol. The number of hydrogen-bond acceptors (Lipinski definition) is 1. The number of nitrogens with one attached hydrogen (secondary N) is 2. The molecule has 3 heteroatoms. The number of likely N-dealkylation sites (N-methyl/N-ethyl adjacent to an activating group) is 1. The first kappa shape index (κ1) is 12.9. The summed E-state index contributed by atoms with van der Waals surface area (Å²) in [5, 5.41) is 4.32. The second kappa shape index (κ2) is 5.47. The average Bonchev–Trinajstić information content (AvgIpc) is 2.89. The molecule has 0 fully saturated rings. The maximum absolute atomic E-state index is 14.0. The van der Waals surface area contributed by atoms with Crippen molar-refractivity contribution in [1.82, 2.24) is 10.3 Å². The quantitative estimate of drug-likeness (QED) is 0.741. The molecule has 2 aromatic carbocycles. The molecule has 1 heterocycles. The summed E-state index contributed by atoms with van der Waals surface area (Å²) >= 11 is 0. The molecule has 0 radical (unpaired) electrons. The molecule has 0 saturated heterocycles. The highest BCUT2D eigenvalue weighted by Gasteiger charge is 2.11. The van der Waals surface area contributed by atoms with Gasteiger partial charge in [0.1, 0.15) is 5.82 Å². The average molecular weight is 268 g/mol. The number of aromatic amines is 1. The van der Waals surface area contributed by atoms with E-state index >= 15 is 0 Å². The zero-order valence-corrected chi connectivity index (χ0v) is 11.4. The van der Waals surface area contributed by atoms with Gasteiger partial charge in [0.05, 0.1) is 5.52 Å². The van der Waals surface area contributed by atoms with Crippen molar-refractivity contribution in [3.63, 3.8) is 0 Å². The largest absolute Gasteiger partial charge is 0.360 e. The highest BCUT2D eigenvalue weighted by atomic mass is 19.1. The lowest BCUT2D eigenvalue weighted by atomic mass is 10.0. The van der Waals surface area contributed by atoms with Crippen molar-refractivity contribution < 1.29 is 4.39 Å². The maximum Gasteiger partial charge on any atom is 0.131 e. The van der Waals surface area contributed by atoms with E-state index in [1.807, 2.05) is 37.5 Å². The van der Waals surface area contributed by atoms with Crippen molar-refractivity contribution in [3.05, 3.63) is 60.0 Å². The fourth-order valence-corrected chi connectivity index (χ4v) is 2.58. The Balaban J connectivity index is 2.13. The summed E-state index contributed by atoms with van der Waals surface area (Å²) in [6.07, 6.45) is 2.98. The van der Waals surface area contributed by atoms with Crippen LogP contribution in [-0.2, 0) is 6.42 Å². The molecule has 2 N–H and O–H groups in total. The second-order valence-electron chi connectivity index (χ2n) is 4.88. The molecule has 0 unspecified atom stereocenters. The van der Waals surface area contributed by atoms with E-state index in [1.165, 1.54) is 17.0 Å². The first-order valence-corrected chi connectivity index (χ1v) is 6.79. The first-order valence-electron chi connectivity index (χ1n) is 6.79. The Labute approximate surface area is 117 Å². The van der Waals surface area contributed by atoms with Gasteiger partial charge in [-0.1, -0.05) is 36.4 Å². The van der Waals surface area contributed by atoms with Crippen LogP contribution in [0.1, 0.15) is 5.56 Å². The van der Waals surface area contributed by atoms with Crippen LogP contribution in [-0.4, -0.2) is 18.6 Å². The van der Waals surface area contributed by atoms with Crippen LogP contribution in [0.4, 0.5) is 4.39 Å². The van der Waals surface area contributed by atoms with Crippen molar-refractivity contribution in [2.24, 2.45) is 0 Å². The van der Waals surface area contributed by atoms with Gasteiger partial charge in [-0.15, -0.1) is 0 Å². The molecule has 2 nitrogen and oxygen atoms in total. The van der Waals surface area contributed by atoms with Crippen molar-refractivity contribution in [2.45, 2.75) is 6.42 Å². The Morgan fingerprint density at radius 1 is 1.05 bits per heavy atom. The Hall–Kier alpha value is -2.13. The summed E-state index contributed by atoms with van der Waals surface area (Å²) in [6.45, 7) is 0.927. The minimum absolute atomic E-state index is 0.189. The molecule has 3 rings (SSSR count). The number of halogens is 1. The van der Waals surface area contributed by atoms with Crippen LogP contribution in [0.25, 0.3) is 22.0 Å². The predicted octanol–water partition coefficient (Wildman–Crippen LogP) is 3.74. The molecule has 0 aliphatic heterocycles. The fourth-order valence-electron chi connectivity index (χ4n) is 2.58. The molecule has 0 saturated carbocycles. The van der Waals surface area contributed by atoms with E-state index in [9.17, 15) is 4.39 Å². The highest BCUT2D eigenvalue weighted by Crippen LogP contribution is 2.31. The van der Waals surface area contributed by atoms with Crippen LogP contribution in [0.15, 0.2) is 48.7 Å². The smallest absolute Gasteiger partial charge is 0.131 e. The van der Waals surface area contributed by atoms with Gasteiger partial charge in [-0.2, -0.15) is 0 Å². The molecular formula is C17H17FN2. The topological polar surface area (TPSA) is 27.8 Å². The molecule has 0 atom stereocenters. The molecular weight excluding hydrogens is 251 g/mol. The first-order chi connectivity index (χ1) is 9.81. The zero-order valence-electron chi connectivity index (χ0n) is 11.4. The third-order valence-electron chi connectivity index (χ3n) is 3.61. The SMILES string of the molecule is CNCCc1c[nH]c2c(-c3ccccc3F)cccc12. The van der Waals surface area contributed by atoms with Crippen LogP contribution in [0.2, 0.25) is 0 Å². The Bertz CT molecular complexity index is 731. The summed E-state index contributed by atoms with van der Waals surface area (Å²) in [4.78, 5) is 3.30. The molecule has 1 aromatic heterocycles. The van der Waals surface area contributed by atoms with E-state index in [4.69, 9.17) is 0 Å². The summed E-state index contributed by atoms with van der Waals surface area (Å²) in [6, 6.07) is 12.9. The van der Waals surface area contributed by atoms with E-state index in [-0.39, 0.29) is 5.82 Å². The normalized spacial score (nSPS) is 11.1. The third kappa shape index (κ3) is 2.21. The lowest BCUT2D eigenvalue weighted by molar-refractivity contribution is 0.631. The van der Waals surface area contributed by atoms with Crippen LogP contribution >= 0.6 is 0 Å². The number of H-pyrrole nitrogens is 1. The Morgan fingerprint density at radius 2 is 1.85 bits per heavy atom. The second-order valence-corrected chi connectivity index (χ2v) is 4.88. The van der Waals surface area contributed by atoms with E-state index in [0.717, 1.165) is 24.0 Å². The zero-order chi connectivity index (χ0) is 13.9. The highest BCUT2D eigenvalue weighted by molar-refractivity contribution is 5.96. The molecule has 0 aliphatic rings. The Kier molecular flexibility index (Phi) is 3.52. The van der Waals surface area contributed by atoms with E-state index in [0.29, 0.717) is 5.56 Å². The number of para-hydroxylation sites is 1. The van der Waals surface area contributed by atoms with Crippen LogP contribution in [0.5, 0.6) is 0 Å². The fraction of sp³-hybridized carbons (Fsp3) is 0.176. The summed E-state index contributed by atoms with van der Waals surface area (Å²) < 4.78 is 14.0. The summed E-state index contributed by atoms with van der Waals surface area (Å²) in [5.74, 6) is -0.189. The van der Waals surface area contributed by atoms with Crippen molar-refractivity contribution >= 4 is 10.9 Å². The van der Waals surface area contributed by atoms with E-state index < -0.39 is 0 Å². The van der Waals surface area contributed by atoms with Gasteiger partial charge < -0.3 is 10.3 Å². The van der Waals surface area contributed by atoms with Crippen LogP contribution in [0, 0.1) is 5.82 Å². The van der Waals surface area contributed by atoms with Crippen molar-refractivity contribution in [3.8, 4) is 11.1 Å². The molecule has 3 aromatic rings. The molecule has 0 bridgehead atoms. The predicted molar refractivity (Wildman–Crippen MR) is 81.3 cm³/mol. The number of benzene rings is 2. The minimum atomic E-state index is -0.189. The maximum atomic E-state index is 14.0. The van der Waals surface area contributed by atoms with Gasteiger partial charge in [0.2, 0.25) is 0 Å². The molecule has 0 amide bonds. The lowest BCUT2D eigenvalue weighted by Gasteiger charge is -2.05. The van der Waals surface area contributed by atoms with Gasteiger partial charge in [-0.05, 0) is 31.6 Å². The van der Waals surface area contributed by atoms with Crippen molar-refractivity contribution in [1.29, 1.82) is 0 Å². The van der Waals surface area contributed by atoms with Crippen molar-refractivity contribution in [2.75, 3.05) is 13.6 Å². The molecule has 20 heavy (non-hydrogen) atoms. The number of aromatic nitrogens is 1. The molecule has 102 valence electrons. The standard InChI is InChI=1S/C17H17FN2/c1-19-10-9-12-11-20-17-13(12)6-4-7-15(17)14-5-2-3-8-16(14)18/h2-8,11,19-20H,9-10H2,1H3. The molecule has 0 spiro atoms. The summed E-state index contributed by atoms with van der Waals surface area (Å²) in [7, 11) is 1.94. The minimum Gasteiger partial charge on any atom is -0.360 e. The van der Waals surface area contributed by atoms with Gasteiger partial charge in [0, 0.05) is 22.7 Å². The van der Waals surface area contributed by atoms with Gasteiger partial charge in [0.15, 0.2) is 0 Å². The summed E-state index contributed by atoms with van der Waals surface area (Å²) in [5.41, 5.74) is 3.81. The van der Waals surface area contributed by atoms with Crippen LogP contribution < -0.4 is 5.32 Å². The van der Waals surface area contributed by atoms with E-state index in [2.05, 4.69) is 16.4 Å². The molecule has 0 aliphatic carbocycles. The number of hydrogen-bond donors (Lipinski definition) is 2. The van der Waals surface area contributed by atoms with Gasteiger partial charge >= 0.3 is 0 Å². The lowest BCUT2D eigenvalue weighted by Crippen LogP contribution is -2.09. The van der Waals surface area contributed by atoms with Gasteiger partial charge in [0.25, 0.3) is 0 Å². The third-order valence-corrected chi connectivity index (χ3v) is 3.61. The van der Waals surface area contributed by atoms with Gasteiger partial charge in [-0.25, -0.2) is 4.39 Å². The Morgan fingerprint density at radius 3 is 2.65 bits per heavy atom.